The molecule has 0 rings (SSSR count). The predicted octanol–water partition coefficient (Wildman–Crippen LogP) is 4.07. The zero-order chi connectivity index (χ0) is 17.7. The van der Waals surface area contributed by atoms with Crippen LogP contribution in [0, 0.1) is 0 Å². The Balaban J connectivity index is 4.20. The number of allylic oxidation sites excluding steroid dienone is 5. The summed E-state index contributed by atoms with van der Waals surface area (Å²) in [7, 11) is 0. The van der Waals surface area contributed by atoms with E-state index in [4.69, 9.17) is 10.2 Å². The third-order valence-electron chi connectivity index (χ3n) is 3.78. The molecule has 0 saturated carbocycles. The van der Waals surface area contributed by atoms with Gasteiger partial charge in [0.1, 0.15) is 0 Å². The van der Waals surface area contributed by atoms with E-state index >= 15 is 0 Å². The van der Waals surface area contributed by atoms with Crippen molar-refractivity contribution < 1.29 is 15.3 Å². The predicted molar refractivity (Wildman–Crippen MR) is 98.3 cm³/mol. The molecule has 132 valence electrons. The van der Waals surface area contributed by atoms with Gasteiger partial charge >= 0.3 is 0 Å². The molecule has 0 aromatic carbocycles. The van der Waals surface area contributed by atoms with Crippen LogP contribution in [-0.4, -0.2) is 34.1 Å². The fraction of sp³-hybridized carbons (Fsp3) is 0.600. The lowest BCUT2D eigenvalue weighted by Crippen LogP contribution is -2.20. The minimum absolute atomic E-state index is 0.0783. The highest BCUT2D eigenvalue weighted by Crippen LogP contribution is 2.16. The maximum absolute atomic E-state index is 10.3. The molecular formula is C20H34O3. The highest BCUT2D eigenvalue weighted by Gasteiger charge is 2.14. The molecule has 1 atom stereocenters. The van der Waals surface area contributed by atoms with Crippen LogP contribution in [-0.2, 0) is 0 Å². The standard InChI is InChI=1S/C20H34O3/c1-17(8-5-9-18(2)12-15-21)10-6-13-20(4,23)14-7-11-19(3)16-22/h6,8,11-13,21-23H,5,7,9-10,14-16H2,1-4H3/b13-6+,17-8+,18-12+,19-11+. The molecule has 0 aliphatic heterocycles. The molecule has 3 nitrogen and oxygen atoms in total. The Labute approximate surface area is 141 Å². The van der Waals surface area contributed by atoms with E-state index in [9.17, 15) is 5.11 Å². The summed E-state index contributed by atoms with van der Waals surface area (Å²) in [6, 6.07) is 0. The molecule has 0 radical (unpaired) electrons. The molecule has 3 N–H and O–H groups in total. The minimum Gasteiger partial charge on any atom is -0.392 e. The summed E-state index contributed by atoms with van der Waals surface area (Å²) >= 11 is 0. The second kappa shape index (κ2) is 12.3. The summed E-state index contributed by atoms with van der Waals surface area (Å²) in [5.74, 6) is 0. The average Bonchev–Trinajstić information content (AvgIpc) is 2.46. The van der Waals surface area contributed by atoms with Gasteiger partial charge in [0.25, 0.3) is 0 Å². The Morgan fingerprint density at radius 3 is 2.17 bits per heavy atom. The number of aliphatic hydroxyl groups is 3. The molecule has 0 aliphatic carbocycles. The van der Waals surface area contributed by atoms with Crippen LogP contribution >= 0.6 is 0 Å². The van der Waals surface area contributed by atoms with Gasteiger partial charge in [0, 0.05) is 0 Å². The van der Waals surface area contributed by atoms with Crippen molar-refractivity contribution in [3.8, 4) is 0 Å². The van der Waals surface area contributed by atoms with E-state index in [2.05, 4.69) is 13.0 Å². The lowest BCUT2D eigenvalue weighted by atomic mass is 9.98. The van der Waals surface area contributed by atoms with Crippen molar-refractivity contribution in [3.63, 3.8) is 0 Å². The summed E-state index contributed by atoms with van der Waals surface area (Å²) in [4.78, 5) is 0. The van der Waals surface area contributed by atoms with Crippen LogP contribution in [0.15, 0.2) is 47.1 Å². The van der Waals surface area contributed by atoms with Crippen LogP contribution in [0.2, 0.25) is 0 Å². The van der Waals surface area contributed by atoms with E-state index in [-0.39, 0.29) is 13.2 Å². The zero-order valence-electron chi connectivity index (χ0n) is 15.2. The lowest BCUT2D eigenvalue weighted by molar-refractivity contribution is 0.103. The molecule has 0 heterocycles. The van der Waals surface area contributed by atoms with Crippen molar-refractivity contribution >= 4 is 0 Å². The quantitative estimate of drug-likeness (QED) is 0.503. The molecule has 23 heavy (non-hydrogen) atoms. The monoisotopic (exact) mass is 322 g/mol. The summed E-state index contributed by atoms with van der Waals surface area (Å²) < 4.78 is 0. The summed E-state index contributed by atoms with van der Waals surface area (Å²) in [5.41, 5.74) is 2.62. The second-order valence-corrected chi connectivity index (χ2v) is 6.53. The van der Waals surface area contributed by atoms with Crippen LogP contribution in [0.4, 0.5) is 0 Å². The van der Waals surface area contributed by atoms with Crippen LogP contribution in [0.1, 0.15) is 59.8 Å². The van der Waals surface area contributed by atoms with Gasteiger partial charge in [-0.25, -0.2) is 0 Å². The minimum atomic E-state index is -0.813. The number of hydrogen-bond donors (Lipinski definition) is 3. The zero-order valence-corrected chi connectivity index (χ0v) is 15.2. The second-order valence-electron chi connectivity index (χ2n) is 6.53. The Morgan fingerprint density at radius 2 is 1.57 bits per heavy atom. The van der Waals surface area contributed by atoms with Crippen molar-refractivity contribution in [2.24, 2.45) is 0 Å². The summed E-state index contributed by atoms with van der Waals surface area (Å²) in [5, 5.41) is 28.0. The summed E-state index contributed by atoms with van der Waals surface area (Å²) in [6.45, 7) is 8.01. The molecule has 0 amide bonds. The molecule has 1 unspecified atom stereocenters. The first-order valence-corrected chi connectivity index (χ1v) is 8.39. The Kier molecular flexibility index (Phi) is 11.7. The Bertz CT molecular complexity index is 440. The van der Waals surface area contributed by atoms with Gasteiger partial charge in [0.15, 0.2) is 0 Å². The Morgan fingerprint density at radius 1 is 0.913 bits per heavy atom. The topological polar surface area (TPSA) is 60.7 Å². The molecule has 0 fully saturated rings. The normalized spacial score (nSPS) is 16.9. The van der Waals surface area contributed by atoms with E-state index in [1.54, 1.807) is 0 Å². The van der Waals surface area contributed by atoms with Gasteiger partial charge in [0.2, 0.25) is 0 Å². The average molecular weight is 322 g/mol. The highest BCUT2D eigenvalue weighted by molar-refractivity contribution is 5.10. The molecule has 0 spiro atoms. The van der Waals surface area contributed by atoms with Crippen LogP contribution in [0.25, 0.3) is 0 Å². The van der Waals surface area contributed by atoms with Gasteiger partial charge in [-0.3, -0.25) is 0 Å². The van der Waals surface area contributed by atoms with E-state index < -0.39 is 5.60 Å². The smallest absolute Gasteiger partial charge is 0.0802 e. The highest BCUT2D eigenvalue weighted by atomic mass is 16.3. The van der Waals surface area contributed by atoms with Crippen molar-refractivity contribution in [1.29, 1.82) is 0 Å². The van der Waals surface area contributed by atoms with Gasteiger partial charge in [-0.1, -0.05) is 47.1 Å². The third kappa shape index (κ3) is 13.0. The fourth-order valence-electron chi connectivity index (χ4n) is 2.14. The van der Waals surface area contributed by atoms with Crippen molar-refractivity contribution in [3.05, 3.63) is 47.1 Å². The number of hydrogen-bond acceptors (Lipinski definition) is 3. The molecule has 0 aliphatic rings. The van der Waals surface area contributed by atoms with Crippen LogP contribution < -0.4 is 0 Å². The maximum Gasteiger partial charge on any atom is 0.0802 e. The molecule has 0 aromatic rings. The van der Waals surface area contributed by atoms with Gasteiger partial charge in [0.05, 0.1) is 18.8 Å². The molecular weight excluding hydrogens is 288 g/mol. The first-order valence-electron chi connectivity index (χ1n) is 8.39. The number of aliphatic hydroxyl groups excluding tert-OH is 2. The molecule has 0 aromatic heterocycles. The van der Waals surface area contributed by atoms with Crippen molar-refractivity contribution in [2.75, 3.05) is 13.2 Å². The maximum atomic E-state index is 10.3. The van der Waals surface area contributed by atoms with Crippen LogP contribution in [0.5, 0.6) is 0 Å². The summed E-state index contributed by atoms with van der Waals surface area (Å²) in [6.07, 6.45) is 14.1. The van der Waals surface area contributed by atoms with Crippen molar-refractivity contribution in [2.45, 2.75) is 65.4 Å². The van der Waals surface area contributed by atoms with E-state index in [1.165, 1.54) is 11.1 Å². The molecule has 0 saturated heterocycles. The first kappa shape index (κ1) is 21.8. The Hall–Kier alpha value is -1.16. The van der Waals surface area contributed by atoms with Gasteiger partial charge in [-0.2, -0.15) is 0 Å². The van der Waals surface area contributed by atoms with Crippen molar-refractivity contribution in [1.82, 2.24) is 0 Å². The molecule has 3 heteroatoms. The van der Waals surface area contributed by atoms with E-state index in [0.717, 1.165) is 31.3 Å². The van der Waals surface area contributed by atoms with Gasteiger partial charge in [-0.15, -0.1) is 0 Å². The van der Waals surface area contributed by atoms with E-state index in [1.807, 2.05) is 45.1 Å². The SMILES string of the molecule is C/C(=C\CCC(C)(O)/C=C/C/C(C)=C/CC/C(C)=C/CO)CO. The van der Waals surface area contributed by atoms with Gasteiger partial charge in [-0.05, 0) is 59.8 Å². The van der Waals surface area contributed by atoms with Gasteiger partial charge < -0.3 is 15.3 Å². The third-order valence-corrected chi connectivity index (χ3v) is 3.78. The largest absolute Gasteiger partial charge is 0.392 e. The molecule has 0 bridgehead atoms. The first-order chi connectivity index (χ1) is 10.8. The van der Waals surface area contributed by atoms with Crippen LogP contribution in [0.3, 0.4) is 0 Å². The number of rotatable bonds is 11. The van der Waals surface area contributed by atoms with E-state index in [0.29, 0.717) is 6.42 Å². The fourth-order valence-corrected chi connectivity index (χ4v) is 2.14. The lowest BCUT2D eigenvalue weighted by Gasteiger charge is -2.18.